The Morgan fingerprint density at radius 3 is 2.44 bits per heavy atom. The van der Waals surface area contributed by atoms with Gasteiger partial charge in [-0.3, -0.25) is 4.79 Å². The van der Waals surface area contributed by atoms with E-state index in [1.54, 1.807) is 6.20 Å². The number of carbonyl (C=O) groups is 1. The zero-order chi connectivity index (χ0) is 21.9. The molecule has 1 amide bonds. The van der Waals surface area contributed by atoms with Crippen LogP contribution in [0.3, 0.4) is 0 Å². The number of benzene rings is 2. The highest BCUT2D eigenvalue weighted by molar-refractivity contribution is 5.94. The van der Waals surface area contributed by atoms with Crippen LogP contribution in [0.25, 0.3) is 22.2 Å². The minimum absolute atomic E-state index is 0.0716. The Bertz CT molecular complexity index is 1210. The maximum atomic E-state index is 13.0. The largest absolute Gasteiger partial charge is 0.354 e. The second kappa shape index (κ2) is 8.85. The number of hydrogen-bond acceptors (Lipinski definition) is 4. The van der Waals surface area contributed by atoms with E-state index >= 15 is 0 Å². The predicted octanol–water partition coefficient (Wildman–Crippen LogP) is 4.09. The van der Waals surface area contributed by atoms with Gasteiger partial charge in [0, 0.05) is 42.8 Å². The van der Waals surface area contributed by atoms with E-state index in [0.29, 0.717) is 5.69 Å². The van der Waals surface area contributed by atoms with E-state index < -0.39 is 0 Å². The lowest BCUT2D eigenvalue weighted by atomic mass is 10.1. The lowest BCUT2D eigenvalue weighted by Gasteiger charge is -2.33. The first-order valence-corrected chi connectivity index (χ1v) is 11.0. The summed E-state index contributed by atoms with van der Waals surface area (Å²) in [7, 11) is 2.14. The number of likely N-dealkylation sites (N-methyl/N-ethyl adjacent to an activating group) is 1. The van der Waals surface area contributed by atoms with Gasteiger partial charge in [0.2, 0.25) is 5.91 Å². The van der Waals surface area contributed by atoms with Crippen molar-refractivity contribution in [2.24, 2.45) is 0 Å². The Morgan fingerprint density at radius 2 is 1.69 bits per heavy atom. The van der Waals surface area contributed by atoms with Crippen LogP contribution < -0.4 is 10.2 Å². The Kier molecular flexibility index (Phi) is 5.60. The number of pyridine rings is 1. The predicted molar refractivity (Wildman–Crippen MR) is 130 cm³/mol. The lowest BCUT2D eigenvalue weighted by molar-refractivity contribution is -0.116. The number of anilines is 2. The molecule has 1 fully saturated rings. The first kappa shape index (κ1) is 20.3. The third-order valence-electron chi connectivity index (χ3n) is 6.04. The molecule has 6 heteroatoms. The van der Waals surface area contributed by atoms with Gasteiger partial charge in [-0.05, 0) is 36.9 Å². The summed E-state index contributed by atoms with van der Waals surface area (Å²) in [5, 5.41) is 4.13. The molecule has 0 bridgehead atoms. The van der Waals surface area contributed by atoms with E-state index in [9.17, 15) is 4.79 Å². The lowest BCUT2D eigenvalue weighted by Crippen LogP contribution is -2.44. The molecule has 4 aromatic rings. The van der Waals surface area contributed by atoms with Crippen LogP contribution in [0.5, 0.6) is 0 Å². The molecule has 1 aliphatic heterocycles. The molecular weight excluding hydrogens is 398 g/mol. The quantitative estimate of drug-likeness (QED) is 0.523. The van der Waals surface area contributed by atoms with Crippen molar-refractivity contribution in [2.45, 2.75) is 6.54 Å². The molecule has 1 saturated heterocycles. The monoisotopic (exact) mass is 425 g/mol. The van der Waals surface area contributed by atoms with E-state index in [-0.39, 0.29) is 12.5 Å². The van der Waals surface area contributed by atoms with Crippen LogP contribution in [0.2, 0.25) is 0 Å². The van der Waals surface area contributed by atoms with Gasteiger partial charge in [0.1, 0.15) is 12.4 Å². The van der Waals surface area contributed by atoms with Crippen molar-refractivity contribution in [2.75, 3.05) is 43.4 Å². The van der Waals surface area contributed by atoms with Gasteiger partial charge >= 0.3 is 0 Å². The van der Waals surface area contributed by atoms with Crippen molar-refractivity contribution in [1.29, 1.82) is 0 Å². The van der Waals surface area contributed by atoms with Gasteiger partial charge in [0.05, 0.1) is 11.9 Å². The van der Waals surface area contributed by atoms with Crippen molar-refractivity contribution in [1.82, 2.24) is 14.5 Å². The number of nitrogens with one attached hydrogen (secondary N) is 1. The highest BCUT2D eigenvalue weighted by Crippen LogP contribution is 2.28. The Morgan fingerprint density at radius 1 is 0.938 bits per heavy atom. The van der Waals surface area contributed by atoms with Crippen molar-refractivity contribution in [3.8, 4) is 11.3 Å². The zero-order valence-corrected chi connectivity index (χ0v) is 18.2. The number of nitrogens with zero attached hydrogens (tertiary/aromatic N) is 4. The van der Waals surface area contributed by atoms with Crippen LogP contribution in [-0.4, -0.2) is 53.6 Å². The molecule has 0 atom stereocenters. The van der Waals surface area contributed by atoms with Gasteiger partial charge in [0.15, 0.2) is 0 Å². The van der Waals surface area contributed by atoms with Gasteiger partial charge < -0.3 is 19.7 Å². The fourth-order valence-corrected chi connectivity index (χ4v) is 4.26. The van der Waals surface area contributed by atoms with E-state index in [4.69, 9.17) is 0 Å². The summed E-state index contributed by atoms with van der Waals surface area (Å²) in [4.78, 5) is 22.1. The van der Waals surface area contributed by atoms with E-state index in [1.165, 1.54) is 0 Å². The third-order valence-corrected chi connectivity index (χ3v) is 6.04. The number of amides is 1. The molecule has 3 heterocycles. The smallest absolute Gasteiger partial charge is 0.244 e. The Labute approximate surface area is 188 Å². The standard InChI is InChI=1S/C26H27N5O/c1-29-13-15-30(16-14-29)25-12-11-22(18-27-25)28-26(32)19-31-23-10-6-5-9-21(23)17-24(31)20-7-3-2-4-8-20/h2-12,17-18H,13-16,19H2,1H3,(H,28,32). The topological polar surface area (TPSA) is 53.4 Å². The van der Waals surface area contributed by atoms with Gasteiger partial charge in [0.25, 0.3) is 0 Å². The molecule has 5 rings (SSSR count). The van der Waals surface area contributed by atoms with Gasteiger partial charge in [-0.2, -0.15) is 0 Å². The van der Waals surface area contributed by atoms with Crippen molar-refractivity contribution < 1.29 is 4.79 Å². The number of fused-ring (bicyclic) bond motifs is 1. The fourth-order valence-electron chi connectivity index (χ4n) is 4.26. The molecule has 0 aliphatic carbocycles. The molecule has 1 N–H and O–H groups in total. The molecule has 32 heavy (non-hydrogen) atoms. The second-order valence-corrected chi connectivity index (χ2v) is 8.28. The van der Waals surface area contributed by atoms with Crippen LogP contribution in [0, 0.1) is 0 Å². The maximum Gasteiger partial charge on any atom is 0.244 e. The highest BCUT2D eigenvalue weighted by Gasteiger charge is 2.16. The van der Waals surface area contributed by atoms with Gasteiger partial charge in [-0.25, -0.2) is 4.98 Å². The van der Waals surface area contributed by atoms with Gasteiger partial charge in [-0.15, -0.1) is 0 Å². The fraction of sp³-hybridized carbons (Fsp3) is 0.231. The molecule has 2 aromatic carbocycles. The van der Waals surface area contributed by atoms with E-state index in [1.807, 2.05) is 42.5 Å². The van der Waals surface area contributed by atoms with Crippen molar-refractivity contribution in [3.63, 3.8) is 0 Å². The SMILES string of the molecule is CN1CCN(c2ccc(NC(=O)Cn3c(-c4ccccc4)cc4ccccc43)cn2)CC1. The first-order chi connectivity index (χ1) is 15.7. The summed E-state index contributed by atoms with van der Waals surface area (Å²) >= 11 is 0. The first-order valence-electron chi connectivity index (χ1n) is 11.0. The normalized spacial score (nSPS) is 14.6. The van der Waals surface area contributed by atoms with E-state index in [0.717, 1.165) is 54.2 Å². The summed E-state index contributed by atoms with van der Waals surface area (Å²) in [6.07, 6.45) is 1.75. The van der Waals surface area contributed by atoms with Crippen LogP contribution in [0.4, 0.5) is 11.5 Å². The summed E-state index contributed by atoms with van der Waals surface area (Å²) in [6.45, 7) is 4.25. The third kappa shape index (κ3) is 4.22. The van der Waals surface area contributed by atoms with Crippen LogP contribution >= 0.6 is 0 Å². The molecule has 0 radical (unpaired) electrons. The van der Waals surface area contributed by atoms with Crippen LogP contribution in [-0.2, 0) is 11.3 Å². The highest BCUT2D eigenvalue weighted by atomic mass is 16.1. The van der Waals surface area contributed by atoms with Crippen LogP contribution in [0.15, 0.2) is 79.0 Å². The Hall–Kier alpha value is -3.64. The summed E-state index contributed by atoms with van der Waals surface area (Å²) in [5.41, 5.74) is 3.89. The Balaban J connectivity index is 1.33. The molecule has 162 valence electrons. The van der Waals surface area contributed by atoms with Crippen LogP contribution in [0.1, 0.15) is 0 Å². The number of para-hydroxylation sites is 1. The molecule has 6 nitrogen and oxygen atoms in total. The van der Waals surface area contributed by atoms with E-state index in [2.05, 4.69) is 62.0 Å². The number of piperazine rings is 1. The molecule has 2 aromatic heterocycles. The van der Waals surface area contributed by atoms with Crippen molar-refractivity contribution >= 4 is 28.3 Å². The molecule has 1 aliphatic rings. The number of hydrogen-bond donors (Lipinski definition) is 1. The molecule has 0 saturated carbocycles. The minimum Gasteiger partial charge on any atom is -0.354 e. The molecular formula is C26H27N5O. The number of carbonyl (C=O) groups excluding carboxylic acids is 1. The number of rotatable bonds is 5. The second-order valence-electron chi connectivity index (χ2n) is 8.28. The average molecular weight is 426 g/mol. The van der Waals surface area contributed by atoms with Gasteiger partial charge in [-0.1, -0.05) is 48.5 Å². The summed E-state index contributed by atoms with van der Waals surface area (Å²) < 4.78 is 2.08. The summed E-state index contributed by atoms with van der Waals surface area (Å²) in [5.74, 6) is 0.886. The summed E-state index contributed by atoms with van der Waals surface area (Å²) in [6, 6.07) is 24.4. The molecule has 0 unspecified atom stereocenters. The zero-order valence-electron chi connectivity index (χ0n) is 18.2. The average Bonchev–Trinajstić information content (AvgIpc) is 3.19. The van der Waals surface area contributed by atoms with Crippen molar-refractivity contribution in [3.05, 3.63) is 79.0 Å². The number of aromatic nitrogens is 2. The molecule has 0 spiro atoms. The maximum absolute atomic E-state index is 13.0. The minimum atomic E-state index is -0.0716.